The van der Waals surface area contributed by atoms with Gasteiger partial charge in [0, 0.05) is 32.5 Å². The third-order valence-corrected chi connectivity index (χ3v) is 15.1. The fraction of sp³-hybridized carbons (Fsp3) is 0.574. The van der Waals surface area contributed by atoms with Gasteiger partial charge < -0.3 is 57.7 Å². The maximum Gasteiger partial charge on any atom is 0.338 e. The fourth-order valence-corrected chi connectivity index (χ4v) is 10.1. The summed E-state index contributed by atoms with van der Waals surface area (Å²) in [6.45, 7) is 9.22. The lowest BCUT2D eigenvalue weighted by molar-refractivity contribution is -0.205. The van der Waals surface area contributed by atoms with Crippen LogP contribution in [0, 0.1) is 5.41 Å². The molecular weight excluding hydrogens is 1030 g/mol. The highest BCUT2D eigenvalue weighted by atomic mass is 16.7. The van der Waals surface area contributed by atoms with Crippen LogP contribution in [0.3, 0.4) is 0 Å². The van der Waals surface area contributed by atoms with Gasteiger partial charge in [0.25, 0.3) is 17.7 Å². The Morgan fingerprint density at radius 1 is 0.750 bits per heavy atom. The highest BCUT2D eigenvalue weighted by Crippen LogP contribution is 2.42. The number of nitrogens with one attached hydrogen (secondary N) is 1. The number of allylic oxidation sites excluding steroid dienone is 2. The molecule has 3 aromatic rings. The van der Waals surface area contributed by atoms with Crippen LogP contribution in [0.15, 0.2) is 66.7 Å². The second kappa shape index (κ2) is 29.6. The third kappa shape index (κ3) is 16.6. The largest absolute Gasteiger partial charge is 0.493 e. The number of hydroxylamine groups is 2. The van der Waals surface area contributed by atoms with Crippen molar-refractivity contribution in [3.8, 4) is 34.5 Å². The Morgan fingerprint density at radius 3 is 2.12 bits per heavy atom. The van der Waals surface area contributed by atoms with Crippen molar-refractivity contribution in [3.63, 3.8) is 0 Å². The van der Waals surface area contributed by atoms with Gasteiger partial charge in [-0.05, 0) is 158 Å². The normalized spacial score (nSPS) is 18.4. The predicted octanol–water partition coefficient (Wildman–Crippen LogP) is 9.11. The zero-order chi connectivity index (χ0) is 58.0. The van der Waals surface area contributed by atoms with Gasteiger partial charge in [0.2, 0.25) is 11.7 Å². The summed E-state index contributed by atoms with van der Waals surface area (Å²) in [7, 11) is 7.71. The summed E-state index contributed by atoms with van der Waals surface area (Å²) in [4.78, 5) is 87.2. The molecule has 3 aliphatic rings. The van der Waals surface area contributed by atoms with Gasteiger partial charge in [-0.25, -0.2) is 9.59 Å². The van der Waals surface area contributed by atoms with Gasteiger partial charge >= 0.3 is 11.9 Å². The molecule has 2 saturated heterocycles. The first-order valence-electron chi connectivity index (χ1n) is 27.9. The van der Waals surface area contributed by atoms with E-state index in [4.69, 9.17) is 47.5 Å². The number of methoxy groups -OCH3 is 5. The Labute approximate surface area is 471 Å². The molecule has 19 heteroatoms. The molecule has 438 valence electrons. The number of esters is 1. The molecule has 1 aliphatic carbocycles. The van der Waals surface area contributed by atoms with Crippen LogP contribution < -0.4 is 33.7 Å². The monoisotopic (exact) mass is 1110 g/mol. The zero-order valence-electron chi connectivity index (χ0n) is 48.4. The third-order valence-electron chi connectivity index (χ3n) is 15.1. The molecule has 2 heterocycles. The summed E-state index contributed by atoms with van der Waals surface area (Å²) in [5.41, 5.74) is 0.162. The number of hydrogen-bond donors (Lipinski definition) is 1. The quantitative estimate of drug-likeness (QED) is 0.0408. The smallest absolute Gasteiger partial charge is 0.338 e. The molecular formula is C61H83N3O16. The van der Waals surface area contributed by atoms with Crippen LogP contribution in [-0.2, 0) is 54.2 Å². The highest BCUT2D eigenvalue weighted by Gasteiger charge is 2.41. The van der Waals surface area contributed by atoms with Crippen molar-refractivity contribution in [2.45, 2.75) is 160 Å². The number of benzene rings is 3. The molecule has 4 amide bonds. The topological polar surface area (TPSA) is 213 Å². The first-order chi connectivity index (χ1) is 38.4. The Morgan fingerprint density at radius 2 is 1.45 bits per heavy atom. The molecule has 0 bridgehead atoms. The van der Waals surface area contributed by atoms with Crippen LogP contribution in [0.25, 0.3) is 0 Å². The van der Waals surface area contributed by atoms with Gasteiger partial charge in [-0.2, -0.15) is 0 Å². The van der Waals surface area contributed by atoms with E-state index in [1.54, 1.807) is 63.3 Å². The average Bonchev–Trinajstić information content (AvgIpc) is 3.78. The number of ether oxygens (including phenoxy) is 9. The number of aryl methyl sites for hydroxylation is 1. The number of carbonyl (C=O) groups is 6. The lowest BCUT2D eigenvalue weighted by Gasteiger charge is -2.38. The number of piperidine rings is 1. The van der Waals surface area contributed by atoms with Crippen molar-refractivity contribution in [2.75, 3.05) is 61.9 Å². The van der Waals surface area contributed by atoms with Crippen molar-refractivity contribution in [1.29, 1.82) is 0 Å². The van der Waals surface area contributed by atoms with Crippen molar-refractivity contribution in [1.82, 2.24) is 15.3 Å². The number of hydrogen-bond acceptors (Lipinski definition) is 16. The number of nitrogens with zero attached hydrogens (tertiary/aromatic N) is 2. The second-order valence-corrected chi connectivity index (χ2v) is 21.6. The van der Waals surface area contributed by atoms with Gasteiger partial charge in [-0.3, -0.25) is 19.2 Å². The summed E-state index contributed by atoms with van der Waals surface area (Å²) >= 11 is 0. The van der Waals surface area contributed by atoms with Crippen molar-refractivity contribution < 1.29 is 76.2 Å². The number of amides is 4. The number of carbonyl (C=O) groups excluding carboxylic acids is 6. The molecule has 6 rings (SSSR count). The van der Waals surface area contributed by atoms with Gasteiger partial charge in [0.15, 0.2) is 29.6 Å². The van der Waals surface area contributed by atoms with E-state index in [2.05, 4.69) is 17.5 Å². The standard InChI is InChI=1S/C61H83N3O16/c1-11-45(42-36-50(73-8)56(75-10)51(37-42)74-9)57(68)63-32-18-17-24-46(63)58(69)79-47(27-25-40-26-28-48(71-6)49(34-40)72-7)41-20-19-23-44(35-41)76-39-53(65)62-38-52(78-43-21-15-13-12-14-16-22-43)61(4,5)77-33-31-60(2,3)59(70)80-64-54(66)29-30-55(64)67/h12-13,19-20,23,26,28,34-37,43,45-47,52H,11,14-18,21-22,24-25,27,29-33,38-39H2,1-10H3,(H,62,65)/b13-12+/t43?,45-,46-,47+,52?/m0/s1. The molecule has 19 nitrogen and oxygen atoms in total. The van der Waals surface area contributed by atoms with E-state index >= 15 is 0 Å². The molecule has 5 atom stereocenters. The van der Waals surface area contributed by atoms with Crippen LogP contribution in [0.2, 0.25) is 0 Å². The van der Waals surface area contributed by atoms with Gasteiger partial charge in [-0.15, -0.1) is 5.06 Å². The maximum atomic E-state index is 14.6. The molecule has 0 radical (unpaired) electrons. The predicted molar refractivity (Wildman–Crippen MR) is 297 cm³/mol. The molecule has 0 spiro atoms. The van der Waals surface area contributed by atoms with E-state index in [1.165, 1.54) is 21.3 Å². The Balaban J connectivity index is 1.16. The van der Waals surface area contributed by atoms with E-state index in [0.29, 0.717) is 82.9 Å². The lowest BCUT2D eigenvalue weighted by Crippen LogP contribution is -2.50. The average molecular weight is 1110 g/mol. The Bertz CT molecular complexity index is 2590. The van der Waals surface area contributed by atoms with E-state index in [1.807, 2.05) is 45.0 Å². The molecule has 2 unspecified atom stereocenters. The number of likely N-dealkylation sites (tertiary alicyclic amines) is 1. The van der Waals surface area contributed by atoms with Crippen LogP contribution in [0.5, 0.6) is 34.5 Å². The molecule has 2 fully saturated rings. The van der Waals surface area contributed by atoms with Crippen LogP contribution >= 0.6 is 0 Å². The van der Waals surface area contributed by atoms with Crippen molar-refractivity contribution >= 4 is 35.6 Å². The minimum atomic E-state index is -1.10. The minimum absolute atomic E-state index is 0.00470. The number of rotatable bonds is 28. The van der Waals surface area contributed by atoms with Crippen LogP contribution in [0.1, 0.15) is 147 Å². The lowest BCUT2D eigenvalue weighted by atomic mass is 9.90. The van der Waals surface area contributed by atoms with Crippen molar-refractivity contribution in [3.05, 3.63) is 83.4 Å². The first kappa shape index (κ1) is 62.3. The molecule has 0 saturated carbocycles. The SMILES string of the molecule is CC[C@H](C(=O)N1CCCC[C@H]1C(=O)O[C@H](CCc1ccc(OC)c(OC)c1)c1cccc(OCC(=O)NCC(OC2CC/C=C/CCC2)C(C)(C)OCCC(C)(C)C(=O)ON2C(=O)CCC2=O)c1)c1cc(OC)c(OC)c(OC)c1. The zero-order valence-corrected chi connectivity index (χ0v) is 48.4. The van der Waals surface area contributed by atoms with Gasteiger partial charge in [-0.1, -0.05) is 37.3 Å². The summed E-state index contributed by atoms with van der Waals surface area (Å²) in [6.07, 6.45) is 10.6. The highest BCUT2D eigenvalue weighted by molar-refractivity contribution is 6.01. The Kier molecular flexibility index (Phi) is 23.0. The maximum absolute atomic E-state index is 14.6. The summed E-state index contributed by atoms with van der Waals surface area (Å²) in [5, 5.41) is 3.54. The summed E-state index contributed by atoms with van der Waals surface area (Å²) < 4.78 is 53.7. The molecule has 1 N–H and O–H groups in total. The fourth-order valence-electron chi connectivity index (χ4n) is 10.1. The van der Waals surface area contributed by atoms with E-state index in [0.717, 1.165) is 50.5 Å². The summed E-state index contributed by atoms with van der Waals surface area (Å²) in [6, 6.07) is 15.4. The molecule has 0 aromatic heterocycles. The van der Waals surface area contributed by atoms with E-state index < -0.39 is 64.8 Å². The second-order valence-electron chi connectivity index (χ2n) is 21.6. The van der Waals surface area contributed by atoms with Gasteiger partial charge in [0.1, 0.15) is 24.0 Å². The minimum Gasteiger partial charge on any atom is -0.493 e. The first-order valence-corrected chi connectivity index (χ1v) is 27.9. The summed E-state index contributed by atoms with van der Waals surface area (Å²) in [5.74, 6) is -0.827. The molecule has 2 aliphatic heterocycles. The van der Waals surface area contributed by atoms with Crippen LogP contribution in [0.4, 0.5) is 0 Å². The Hall–Kier alpha value is -6.86. The number of imide groups is 1. The van der Waals surface area contributed by atoms with Crippen molar-refractivity contribution in [2.24, 2.45) is 5.41 Å². The van der Waals surface area contributed by atoms with E-state index in [-0.39, 0.29) is 51.0 Å². The van der Waals surface area contributed by atoms with E-state index in [9.17, 15) is 28.8 Å². The van der Waals surface area contributed by atoms with Gasteiger partial charge in [0.05, 0.1) is 58.6 Å². The van der Waals surface area contributed by atoms with Crippen LogP contribution in [-0.4, -0.2) is 131 Å². The molecule has 3 aromatic carbocycles. The molecule has 80 heavy (non-hydrogen) atoms.